The highest BCUT2D eigenvalue weighted by Gasteiger charge is 2.15. The number of hydrogen-bond donors (Lipinski definition) is 3. The Hall–Kier alpha value is -3.60. The Kier molecular flexibility index (Phi) is 6.75. The van der Waals surface area contributed by atoms with E-state index < -0.39 is 23.1 Å². The van der Waals surface area contributed by atoms with Crippen molar-refractivity contribution in [1.82, 2.24) is 15.2 Å². The summed E-state index contributed by atoms with van der Waals surface area (Å²) in [4.78, 5) is 38.5. The number of nitrogens with one attached hydrogen (secondary N) is 3. The molecule has 0 bridgehead atoms. The quantitative estimate of drug-likeness (QED) is 0.502. The molecule has 160 valence electrons. The predicted octanol–water partition coefficient (Wildman–Crippen LogP) is 3.11. The number of benzene rings is 2. The topological polar surface area (TPSA) is 117 Å². The Morgan fingerprint density at radius 3 is 2.42 bits per heavy atom. The molecule has 0 saturated heterocycles. The lowest BCUT2D eigenvalue weighted by Crippen LogP contribution is -2.18. The zero-order chi connectivity index (χ0) is 22.5. The first kappa shape index (κ1) is 22.1. The number of anilines is 2. The number of aromatic nitrogens is 3. The van der Waals surface area contributed by atoms with Gasteiger partial charge >= 0.3 is 0 Å². The molecule has 0 aliphatic carbocycles. The number of thioether (sulfide) groups is 1. The third-order valence-corrected chi connectivity index (χ3v) is 4.77. The number of carbonyl (C=O) groups is 2. The van der Waals surface area contributed by atoms with Crippen molar-refractivity contribution in [2.24, 2.45) is 0 Å². The van der Waals surface area contributed by atoms with Crippen molar-refractivity contribution in [3.05, 3.63) is 63.9 Å². The van der Waals surface area contributed by atoms with Crippen molar-refractivity contribution >= 4 is 35.0 Å². The van der Waals surface area contributed by atoms with E-state index in [1.807, 2.05) is 6.92 Å². The maximum absolute atomic E-state index is 13.2. The van der Waals surface area contributed by atoms with E-state index in [4.69, 9.17) is 0 Å². The molecule has 0 radical (unpaired) electrons. The van der Waals surface area contributed by atoms with Gasteiger partial charge in [0.1, 0.15) is 11.6 Å². The van der Waals surface area contributed by atoms with Gasteiger partial charge in [-0.15, -0.1) is 10.2 Å². The summed E-state index contributed by atoms with van der Waals surface area (Å²) >= 11 is 0.894. The van der Waals surface area contributed by atoms with Gasteiger partial charge in [0, 0.05) is 24.2 Å². The van der Waals surface area contributed by atoms with E-state index in [1.54, 1.807) is 18.2 Å². The number of H-pyrrole nitrogens is 1. The third kappa shape index (κ3) is 5.95. The van der Waals surface area contributed by atoms with Crippen LogP contribution in [0.5, 0.6) is 0 Å². The van der Waals surface area contributed by atoms with Crippen LogP contribution in [0.15, 0.2) is 46.3 Å². The Morgan fingerprint density at radius 1 is 1.06 bits per heavy atom. The second-order valence-electron chi connectivity index (χ2n) is 6.53. The van der Waals surface area contributed by atoms with Gasteiger partial charge in [-0.1, -0.05) is 23.4 Å². The summed E-state index contributed by atoms with van der Waals surface area (Å²) in [6.45, 7) is 3.18. The van der Waals surface area contributed by atoms with Crippen LogP contribution >= 0.6 is 11.8 Å². The van der Waals surface area contributed by atoms with E-state index in [2.05, 4.69) is 25.8 Å². The highest BCUT2D eigenvalue weighted by molar-refractivity contribution is 7.99. The van der Waals surface area contributed by atoms with E-state index in [0.717, 1.165) is 29.5 Å². The van der Waals surface area contributed by atoms with Crippen molar-refractivity contribution < 1.29 is 18.4 Å². The predicted molar refractivity (Wildman–Crippen MR) is 113 cm³/mol. The lowest BCUT2D eigenvalue weighted by Gasteiger charge is -2.10. The number of carbonyl (C=O) groups excluding carboxylic acids is 2. The number of hydrogen-bond acceptors (Lipinski definition) is 6. The van der Waals surface area contributed by atoms with Crippen LogP contribution in [0.25, 0.3) is 11.3 Å². The van der Waals surface area contributed by atoms with Gasteiger partial charge in [0.15, 0.2) is 10.9 Å². The molecule has 31 heavy (non-hydrogen) atoms. The van der Waals surface area contributed by atoms with E-state index in [9.17, 15) is 23.2 Å². The number of rotatable bonds is 6. The van der Waals surface area contributed by atoms with Crippen LogP contribution in [0.1, 0.15) is 12.5 Å². The number of nitrogens with zero attached hydrogens (tertiary/aromatic N) is 2. The molecule has 0 aliphatic heterocycles. The van der Waals surface area contributed by atoms with Gasteiger partial charge in [0.2, 0.25) is 11.8 Å². The average molecular weight is 445 g/mol. The van der Waals surface area contributed by atoms with Gasteiger partial charge in [0.25, 0.3) is 5.56 Å². The van der Waals surface area contributed by atoms with Gasteiger partial charge in [-0.2, -0.15) is 0 Å². The minimum atomic E-state index is -0.816. The van der Waals surface area contributed by atoms with Crippen molar-refractivity contribution in [3.63, 3.8) is 0 Å². The van der Waals surface area contributed by atoms with Crippen molar-refractivity contribution in [1.29, 1.82) is 0 Å². The lowest BCUT2D eigenvalue weighted by atomic mass is 10.1. The number of halogens is 2. The minimum absolute atomic E-state index is 0.0106. The van der Waals surface area contributed by atoms with Crippen molar-refractivity contribution in [2.75, 3.05) is 16.4 Å². The van der Waals surface area contributed by atoms with E-state index >= 15 is 0 Å². The van der Waals surface area contributed by atoms with Gasteiger partial charge in [0.05, 0.1) is 11.4 Å². The van der Waals surface area contributed by atoms with E-state index in [1.165, 1.54) is 6.92 Å². The summed E-state index contributed by atoms with van der Waals surface area (Å²) < 4.78 is 26.4. The SMILES string of the molecule is CC(=O)Nc1ccc(C)cc1-c1nnc(SCC(=O)Nc2cc(F)cc(F)c2)[nH]c1=O. The molecule has 1 heterocycles. The molecule has 0 atom stereocenters. The Labute approximate surface area is 179 Å². The number of aromatic amines is 1. The highest BCUT2D eigenvalue weighted by atomic mass is 32.2. The second kappa shape index (κ2) is 9.47. The summed E-state index contributed by atoms with van der Waals surface area (Å²) in [6.07, 6.45) is 0. The molecule has 0 unspecified atom stereocenters. The van der Waals surface area contributed by atoms with E-state index in [-0.39, 0.29) is 28.2 Å². The summed E-state index contributed by atoms with van der Waals surface area (Å²) in [5.74, 6) is -2.66. The van der Waals surface area contributed by atoms with Crippen molar-refractivity contribution in [3.8, 4) is 11.3 Å². The first-order valence-electron chi connectivity index (χ1n) is 8.95. The minimum Gasteiger partial charge on any atom is -0.326 e. The molecule has 2 aromatic carbocycles. The van der Waals surface area contributed by atoms with Crippen LogP contribution in [0.2, 0.25) is 0 Å². The van der Waals surface area contributed by atoms with Crippen molar-refractivity contribution in [2.45, 2.75) is 19.0 Å². The first-order valence-corrected chi connectivity index (χ1v) is 9.94. The van der Waals surface area contributed by atoms with Gasteiger partial charge in [-0.05, 0) is 31.2 Å². The van der Waals surface area contributed by atoms with E-state index in [0.29, 0.717) is 17.3 Å². The molecule has 11 heteroatoms. The summed E-state index contributed by atoms with van der Waals surface area (Å²) in [6, 6.07) is 7.80. The zero-order valence-corrected chi connectivity index (χ0v) is 17.3. The van der Waals surface area contributed by atoms with Crippen LogP contribution in [0.3, 0.4) is 0 Å². The second-order valence-corrected chi connectivity index (χ2v) is 7.50. The van der Waals surface area contributed by atoms with Crippen LogP contribution in [-0.2, 0) is 9.59 Å². The molecule has 0 aliphatic rings. The summed E-state index contributed by atoms with van der Waals surface area (Å²) in [5.41, 5.74) is 1.11. The van der Waals surface area contributed by atoms with Crippen LogP contribution in [0, 0.1) is 18.6 Å². The van der Waals surface area contributed by atoms with Gasteiger partial charge in [-0.25, -0.2) is 8.78 Å². The molecule has 3 aromatic rings. The fourth-order valence-corrected chi connectivity index (χ4v) is 3.28. The molecule has 3 N–H and O–H groups in total. The smallest absolute Gasteiger partial charge is 0.278 e. The molecule has 0 fully saturated rings. The highest BCUT2D eigenvalue weighted by Crippen LogP contribution is 2.25. The maximum atomic E-state index is 13.2. The average Bonchev–Trinajstić information content (AvgIpc) is 2.67. The summed E-state index contributed by atoms with van der Waals surface area (Å²) in [5, 5.41) is 12.9. The molecular formula is C20H17F2N5O3S. The fourth-order valence-electron chi connectivity index (χ4n) is 2.67. The van der Waals surface area contributed by atoms with Crippen LogP contribution in [0.4, 0.5) is 20.2 Å². The lowest BCUT2D eigenvalue weighted by molar-refractivity contribution is -0.114. The molecule has 0 saturated carbocycles. The number of amides is 2. The zero-order valence-electron chi connectivity index (χ0n) is 16.5. The van der Waals surface area contributed by atoms with Gasteiger partial charge < -0.3 is 10.6 Å². The monoisotopic (exact) mass is 445 g/mol. The van der Waals surface area contributed by atoms with Crippen LogP contribution < -0.4 is 16.2 Å². The Bertz CT molecular complexity index is 1200. The normalized spacial score (nSPS) is 10.6. The first-order chi connectivity index (χ1) is 14.7. The molecule has 2 amide bonds. The fraction of sp³-hybridized carbons (Fsp3) is 0.150. The largest absolute Gasteiger partial charge is 0.326 e. The molecule has 1 aromatic heterocycles. The van der Waals surface area contributed by atoms with Gasteiger partial charge in [-0.3, -0.25) is 19.4 Å². The molecular weight excluding hydrogens is 428 g/mol. The third-order valence-electron chi connectivity index (χ3n) is 3.90. The standard InChI is InChI=1S/C20H17F2N5O3S/c1-10-3-4-16(23-11(2)28)15(5-10)18-19(30)25-20(27-26-18)31-9-17(29)24-14-7-12(21)6-13(22)8-14/h3-8H,9H2,1-2H3,(H,23,28)(H,24,29)(H,25,27,30). The Balaban J connectivity index is 1.73. The maximum Gasteiger partial charge on any atom is 0.278 e. The van der Waals surface area contributed by atoms with Crippen LogP contribution in [-0.4, -0.2) is 32.7 Å². The molecule has 8 nitrogen and oxygen atoms in total. The molecule has 3 rings (SSSR count). The summed E-state index contributed by atoms with van der Waals surface area (Å²) in [7, 11) is 0. The number of aryl methyl sites for hydroxylation is 1. The Morgan fingerprint density at radius 2 is 1.77 bits per heavy atom. The molecule has 0 spiro atoms.